The smallest absolute Gasteiger partial charge is 0.0798 e. The summed E-state index contributed by atoms with van der Waals surface area (Å²) in [4.78, 5) is 8.04. The number of hydrogen-bond donors (Lipinski definition) is 1. The van der Waals surface area contributed by atoms with Crippen LogP contribution in [0.5, 0.6) is 0 Å². The first-order valence-corrected chi connectivity index (χ1v) is 7.02. The van der Waals surface area contributed by atoms with Crippen LogP contribution in [0, 0.1) is 12.3 Å². The SMILES string of the molecule is Cc1ncsc1CN(CCCO)CC(C)(C)C. The van der Waals surface area contributed by atoms with Gasteiger partial charge in [-0.1, -0.05) is 20.8 Å². The van der Waals surface area contributed by atoms with Crippen molar-refractivity contribution >= 4 is 11.3 Å². The first-order chi connectivity index (χ1) is 7.92. The van der Waals surface area contributed by atoms with E-state index < -0.39 is 0 Å². The van der Waals surface area contributed by atoms with E-state index in [1.165, 1.54) is 4.88 Å². The second-order valence-corrected chi connectivity index (χ2v) is 6.65. The zero-order chi connectivity index (χ0) is 12.9. The van der Waals surface area contributed by atoms with E-state index in [9.17, 15) is 0 Å². The lowest BCUT2D eigenvalue weighted by atomic mass is 9.96. The van der Waals surface area contributed by atoms with Crippen molar-refractivity contribution in [3.63, 3.8) is 0 Å². The van der Waals surface area contributed by atoms with Crippen LogP contribution in [0.2, 0.25) is 0 Å². The van der Waals surface area contributed by atoms with Crippen molar-refractivity contribution in [1.29, 1.82) is 0 Å². The van der Waals surface area contributed by atoms with Crippen LogP contribution in [0.15, 0.2) is 5.51 Å². The van der Waals surface area contributed by atoms with E-state index >= 15 is 0 Å². The first kappa shape index (κ1) is 14.6. The first-order valence-electron chi connectivity index (χ1n) is 6.14. The van der Waals surface area contributed by atoms with Crippen LogP contribution < -0.4 is 0 Å². The van der Waals surface area contributed by atoms with Gasteiger partial charge in [-0.25, -0.2) is 4.98 Å². The zero-order valence-electron chi connectivity index (χ0n) is 11.4. The molecule has 0 radical (unpaired) electrons. The molecule has 0 bridgehead atoms. The minimum absolute atomic E-state index is 0.266. The summed E-state index contributed by atoms with van der Waals surface area (Å²) in [5.41, 5.74) is 3.33. The van der Waals surface area contributed by atoms with Gasteiger partial charge in [-0.2, -0.15) is 0 Å². The van der Waals surface area contributed by atoms with E-state index in [1.807, 2.05) is 5.51 Å². The van der Waals surface area contributed by atoms with Gasteiger partial charge in [-0.15, -0.1) is 11.3 Å². The van der Waals surface area contributed by atoms with Crippen LogP contribution >= 0.6 is 11.3 Å². The van der Waals surface area contributed by atoms with Crippen LogP contribution in [-0.4, -0.2) is 34.7 Å². The van der Waals surface area contributed by atoms with Gasteiger partial charge in [-0.3, -0.25) is 4.90 Å². The van der Waals surface area contributed by atoms with E-state index in [0.717, 1.165) is 31.7 Å². The summed E-state index contributed by atoms with van der Waals surface area (Å²) in [6.07, 6.45) is 0.841. The molecule has 0 unspecified atom stereocenters. The van der Waals surface area contributed by atoms with E-state index in [0.29, 0.717) is 0 Å². The highest BCUT2D eigenvalue weighted by Gasteiger charge is 2.17. The Kier molecular flexibility index (Phi) is 5.56. The summed E-state index contributed by atoms with van der Waals surface area (Å²) in [7, 11) is 0. The van der Waals surface area contributed by atoms with Crippen molar-refractivity contribution in [2.45, 2.75) is 40.7 Å². The van der Waals surface area contributed by atoms with Gasteiger partial charge in [0.25, 0.3) is 0 Å². The van der Waals surface area contributed by atoms with Crippen LogP contribution in [0.3, 0.4) is 0 Å². The van der Waals surface area contributed by atoms with Gasteiger partial charge in [0.15, 0.2) is 0 Å². The maximum atomic E-state index is 8.96. The minimum Gasteiger partial charge on any atom is -0.396 e. The quantitative estimate of drug-likeness (QED) is 0.850. The fourth-order valence-electron chi connectivity index (χ4n) is 1.86. The second kappa shape index (κ2) is 6.47. The van der Waals surface area contributed by atoms with Crippen LogP contribution in [0.1, 0.15) is 37.8 Å². The number of thiazole rings is 1. The molecular weight excluding hydrogens is 232 g/mol. The van der Waals surface area contributed by atoms with Crippen LogP contribution in [0.4, 0.5) is 0 Å². The molecule has 0 saturated carbocycles. The van der Waals surface area contributed by atoms with Gasteiger partial charge in [-0.05, 0) is 18.8 Å². The van der Waals surface area contributed by atoms with Gasteiger partial charge >= 0.3 is 0 Å². The molecule has 0 spiro atoms. The average Bonchev–Trinajstić information content (AvgIpc) is 2.59. The lowest BCUT2D eigenvalue weighted by molar-refractivity contribution is 0.167. The van der Waals surface area contributed by atoms with Gasteiger partial charge in [0.2, 0.25) is 0 Å². The molecule has 0 atom stereocenters. The third-order valence-corrected chi connectivity index (χ3v) is 3.46. The topological polar surface area (TPSA) is 36.4 Å². The predicted octanol–water partition coefficient (Wildman–Crippen LogP) is 2.68. The Hall–Kier alpha value is -0.450. The maximum absolute atomic E-state index is 8.96. The Morgan fingerprint density at radius 1 is 1.41 bits per heavy atom. The Balaban J connectivity index is 2.60. The maximum Gasteiger partial charge on any atom is 0.0798 e. The van der Waals surface area contributed by atoms with Gasteiger partial charge in [0.1, 0.15) is 0 Å². The monoisotopic (exact) mass is 256 g/mol. The normalized spacial score (nSPS) is 12.4. The average molecular weight is 256 g/mol. The standard InChI is InChI=1S/C13H24N2OS/c1-11-12(17-10-14-11)8-15(6-5-7-16)9-13(2,3)4/h10,16H,5-9H2,1-4H3. The molecule has 1 aromatic rings. The molecule has 98 valence electrons. The number of rotatable bonds is 6. The molecule has 0 amide bonds. The molecule has 3 nitrogen and oxygen atoms in total. The number of aliphatic hydroxyl groups is 1. The third-order valence-electron chi connectivity index (χ3n) is 2.54. The highest BCUT2D eigenvalue weighted by molar-refractivity contribution is 7.09. The fraction of sp³-hybridized carbons (Fsp3) is 0.769. The van der Waals surface area contributed by atoms with Gasteiger partial charge in [0, 0.05) is 31.1 Å². The summed E-state index contributed by atoms with van der Waals surface area (Å²) in [6, 6.07) is 0. The third kappa shape index (κ3) is 5.61. The Morgan fingerprint density at radius 2 is 2.12 bits per heavy atom. The Labute approximate surface area is 108 Å². The van der Waals surface area contributed by atoms with Crippen molar-refractivity contribution in [2.75, 3.05) is 19.7 Å². The molecule has 4 heteroatoms. The Bertz CT molecular complexity index is 330. The molecule has 0 fully saturated rings. The number of hydrogen-bond acceptors (Lipinski definition) is 4. The minimum atomic E-state index is 0.266. The zero-order valence-corrected chi connectivity index (χ0v) is 12.2. The van der Waals surface area contributed by atoms with Crippen molar-refractivity contribution in [1.82, 2.24) is 9.88 Å². The van der Waals surface area contributed by atoms with Crippen molar-refractivity contribution in [2.24, 2.45) is 5.41 Å². The molecular formula is C13H24N2OS. The molecule has 1 N–H and O–H groups in total. The number of nitrogens with zero attached hydrogens (tertiary/aromatic N) is 2. The van der Waals surface area contributed by atoms with Gasteiger partial charge in [0.05, 0.1) is 11.2 Å². The van der Waals surface area contributed by atoms with Crippen molar-refractivity contribution in [3.8, 4) is 0 Å². The fourth-order valence-corrected chi connectivity index (χ4v) is 2.68. The van der Waals surface area contributed by atoms with E-state index in [2.05, 4.69) is 37.6 Å². The van der Waals surface area contributed by atoms with Crippen LogP contribution in [0.25, 0.3) is 0 Å². The molecule has 0 saturated heterocycles. The lowest BCUT2D eigenvalue weighted by Crippen LogP contribution is -2.33. The summed E-state index contributed by atoms with van der Waals surface area (Å²) in [6.45, 7) is 12.0. The molecule has 17 heavy (non-hydrogen) atoms. The summed E-state index contributed by atoms with van der Waals surface area (Å²) in [5.74, 6) is 0. The Morgan fingerprint density at radius 3 is 2.59 bits per heavy atom. The van der Waals surface area contributed by atoms with Crippen molar-refractivity contribution in [3.05, 3.63) is 16.1 Å². The highest BCUT2D eigenvalue weighted by Crippen LogP contribution is 2.20. The summed E-state index contributed by atoms with van der Waals surface area (Å²) >= 11 is 1.72. The van der Waals surface area contributed by atoms with Crippen molar-refractivity contribution < 1.29 is 5.11 Å². The lowest BCUT2D eigenvalue weighted by Gasteiger charge is -2.29. The number of aliphatic hydroxyl groups excluding tert-OH is 1. The number of aryl methyl sites for hydroxylation is 1. The van der Waals surface area contributed by atoms with Crippen LogP contribution in [-0.2, 0) is 6.54 Å². The van der Waals surface area contributed by atoms with E-state index in [4.69, 9.17) is 5.11 Å². The highest BCUT2D eigenvalue weighted by atomic mass is 32.1. The second-order valence-electron chi connectivity index (χ2n) is 5.71. The predicted molar refractivity (Wildman–Crippen MR) is 73.3 cm³/mol. The molecule has 1 heterocycles. The van der Waals surface area contributed by atoms with E-state index in [1.54, 1.807) is 11.3 Å². The molecule has 0 aliphatic rings. The molecule has 1 rings (SSSR count). The molecule has 0 aromatic carbocycles. The molecule has 0 aliphatic carbocycles. The molecule has 0 aliphatic heterocycles. The number of aromatic nitrogens is 1. The largest absolute Gasteiger partial charge is 0.396 e. The van der Waals surface area contributed by atoms with Gasteiger partial charge < -0.3 is 5.11 Å². The molecule has 1 aromatic heterocycles. The summed E-state index contributed by atoms with van der Waals surface area (Å²) in [5, 5.41) is 8.96. The van der Waals surface area contributed by atoms with E-state index in [-0.39, 0.29) is 12.0 Å². The summed E-state index contributed by atoms with van der Waals surface area (Å²) < 4.78 is 0.